The average molecular weight is 419 g/mol. The molecule has 0 bridgehead atoms. The fraction of sp³-hybridized carbons (Fsp3) is 0.333. The van der Waals surface area contributed by atoms with Gasteiger partial charge < -0.3 is 4.74 Å². The van der Waals surface area contributed by atoms with E-state index >= 15 is 0 Å². The molecule has 1 amide bonds. The first-order chi connectivity index (χ1) is 13.5. The number of ether oxygens (including phenoxy) is 1. The van der Waals surface area contributed by atoms with Gasteiger partial charge in [0.25, 0.3) is 0 Å². The number of hydrogen-bond acceptors (Lipinski definition) is 4. The number of fused-ring (bicyclic) bond motifs is 1. The highest BCUT2D eigenvalue weighted by molar-refractivity contribution is 7.22. The van der Waals surface area contributed by atoms with Crippen LogP contribution in [0.4, 0.5) is 9.52 Å². The van der Waals surface area contributed by atoms with E-state index in [0.717, 1.165) is 40.8 Å². The van der Waals surface area contributed by atoms with Crippen LogP contribution in [0.5, 0.6) is 0 Å². The Morgan fingerprint density at radius 2 is 2.14 bits per heavy atom. The first-order valence-electron chi connectivity index (χ1n) is 9.23. The van der Waals surface area contributed by atoms with Crippen molar-refractivity contribution in [1.29, 1.82) is 0 Å². The molecule has 1 atom stereocenters. The van der Waals surface area contributed by atoms with E-state index < -0.39 is 0 Å². The van der Waals surface area contributed by atoms with Gasteiger partial charge in [0.2, 0.25) is 5.91 Å². The lowest BCUT2D eigenvalue weighted by Crippen LogP contribution is -2.38. The molecule has 0 aliphatic carbocycles. The Balaban J connectivity index is 1.65. The lowest BCUT2D eigenvalue weighted by atomic mass is 10.1. The zero-order valence-electron chi connectivity index (χ0n) is 15.5. The number of benzene rings is 2. The second-order valence-corrected chi connectivity index (χ2v) is 8.45. The van der Waals surface area contributed by atoms with Crippen molar-refractivity contribution in [3.63, 3.8) is 0 Å². The van der Waals surface area contributed by atoms with E-state index in [0.29, 0.717) is 16.7 Å². The maximum absolute atomic E-state index is 13.2. The summed E-state index contributed by atoms with van der Waals surface area (Å²) in [6.07, 6.45) is 2.12. The molecule has 7 heteroatoms. The highest BCUT2D eigenvalue weighted by Crippen LogP contribution is 2.34. The number of amides is 1. The Kier molecular flexibility index (Phi) is 5.62. The summed E-state index contributed by atoms with van der Waals surface area (Å²) in [4.78, 5) is 19.6. The Morgan fingerprint density at radius 1 is 1.36 bits per heavy atom. The summed E-state index contributed by atoms with van der Waals surface area (Å²) in [6, 6.07) is 9.77. The van der Waals surface area contributed by atoms with Crippen LogP contribution in [0.1, 0.15) is 24.0 Å². The van der Waals surface area contributed by atoms with E-state index in [1.54, 1.807) is 17.0 Å². The highest BCUT2D eigenvalue weighted by Gasteiger charge is 2.26. The van der Waals surface area contributed by atoms with Crippen LogP contribution in [0.2, 0.25) is 5.02 Å². The average Bonchev–Trinajstić information content (AvgIpc) is 3.31. The van der Waals surface area contributed by atoms with E-state index in [4.69, 9.17) is 21.3 Å². The van der Waals surface area contributed by atoms with Crippen LogP contribution in [0.25, 0.3) is 10.2 Å². The molecule has 1 aromatic heterocycles. The predicted octanol–water partition coefficient (Wildman–Crippen LogP) is 5.15. The lowest BCUT2D eigenvalue weighted by Gasteiger charge is -2.23. The number of carbonyl (C=O) groups excluding carboxylic acids is 1. The molecule has 2 aromatic carbocycles. The third-order valence-corrected chi connectivity index (χ3v) is 6.09. The molecular weight excluding hydrogens is 399 g/mol. The molecule has 1 unspecified atom stereocenters. The summed E-state index contributed by atoms with van der Waals surface area (Å²) >= 11 is 7.63. The quantitative estimate of drug-likeness (QED) is 0.575. The third kappa shape index (κ3) is 4.19. The molecule has 3 aromatic rings. The van der Waals surface area contributed by atoms with Crippen molar-refractivity contribution >= 4 is 44.2 Å². The lowest BCUT2D eigenvalue weighted by molar-refractivity contribution is -0.118. The summed E-state index contributed by atoms with van der Waals surface area (Å²) in [5.74, 6) is -0.393. The number of carbonyl (C=O) groups is 1. The fourth-order valence-corrected chi connectivity index (χ4v) is 4.86. The summed E-state index contributed by atoms with van der Waals surface area (Å²) in [6.45, 7) is 3.15. The number of thiazole rings is 1. The van der Waals surface area contributed by atoms with E-state index in [9.17, 15) is 9.18 Å². The van der Waals surface area contributed by atoms with E-state index in [2.05, 4.69) is 0 Å². The number of aryl methyl sites for hydroxylation is 1. The molecule has 0 radical (unpaired) electrons. The van der Waals surface area contributed by atoms with Gasteiger partial charge in [-0.3, -0.25) is 9.69 Å². The zero-order valence-corrected chi connectivity index (χ0v) is 17.0. The van der Waals surface area contributed by atoms with Crippen LogP contribution < -0.4 is 4.90 Å². The van der Waals surface area contributed by atoms with Crippen LogP contribution >= 0.6 is 22.9 Å². The zero-order chi connectivity index (χ0) is 19.7. The first-order valence-corrected chi connectivity index (χ1v) is 10.4. The van der Waals surface area contributed by atoms with Crippen molar-refractivity contribution in [3.8, 4) is 0 Å². The normalized spacial score (nSPS) is 16.6. The second kappa shape index (κ2) is 8.15. The van der Waals surface area contributed by atoms with Gasteiger partial charge in [-0.2, -0.15) is 0 Å². The topological polar surface area (TPSA) is 42.4 Å². The van der Waals surface area contributed by atoms with Crippen LogP contribution in [-0.2, 0) is 16.0 Å². The summed E-state index contributed by atoms with van der Waals surface area (Å²) < 4.78 is 19.9. The molecular formula is C21H20ClFN2O2S. The van der Waals surface area contributed by atoms with Gasteiger partial charge >= 0.3 is 0 Å². The van der Waals surface area contributed by atoms with Crippen molar-refractivity contribution in [3.05, 3.63) is 58.4 Å². The number of nitrogens with zero attached hydrogens (tertiary/aromatic N) is 2. The molecule has 146 valence electrons. The van der Waals surface area contributed by atoms with Gasteiger partial charge in [0, 0.05) is 11.6 Å². The third-order valence-electron chi connectivity index (χ3n) is 4.85. The van der Waals surface area contributed by atoms with Crippen LogP contribution in [0, 0.1) is 12.7 Å². The van der Waals surface area contributed by atoms with E-state index in [1.807, 2.05) is 19.1 Å². The van der Waals surface area contributed by atoms with Crippen molar-refractivity contribution in [1.82, 2.24) is 4.98 Å². The minimum atomic E-state index is -0.314. The van der Waals surface area contributed by atoms with Gasteiger partial charge in [-0.15, -0.1) is 0 Å². The van der Waals surface area contributed by atoms with Crippen molar-refractivity contribution in [2.75, 3.05) is 18.1 Å². The molecule has 1 aliphatic heterocycles. The SMILES string of the molecule is Cc1cc(Cl)cc2sc(N(CC3CCCO3)C(=O)Cc3ccc(F)cc3)nc12. The molecule has 1 fully saturated rings. The molecule has 1 aliphatic rings. The first kappa shape index (κ1) is 19.3. The minimum absolute atomic E-state index is 0.00821. The molecule has 28 heavy (non-hydrogen) atoms. The molecule has 4 nitrogen and oxygen atoms in total. The van der Waals surface area contributed by atoms with Gasteiger partial charge in [0.15, 0.2) is 5.13 Å². The number of halogens is 2. The second-order valence-electron chi connectivity index (χ2n) is 7.01. The maximum atomic E-state index is 13.2. The predicted molar refractivity (Wildman–Crippen MR) is 111 cm³/mol. The molecule has 0 N–H and O–H groups in total. The summed E-state index contributed by atoms with van der Waals surface area (Å²) in [7, 11) is 0. The van der Waals surface area contributed by atoms with E-state index in [-0.39, 0.29) is 24.2 Å². The molecule has 1 saturated heterocycles. The Morgan fingerprint density at radius 3 is 2.86 bits per heavy atom. The van der Waals surface area contributed by atoms with Gasteiger partial charge in [-0.1, -0.05) is 35.1 Å². The van der Waals surface area contributed by atoms with Crippen LogP contribution in [0.15, 0.2) is 36.4 Å². The molecule has 2 heterocycles. The molecule has 4 rings (SSSR count). The Bertz CT molecular complexity index is 1000. The monoisotopic (exact) mass is 418 g/mol. The van der Waals surface area contributed by atoms with Crippen LogP contribution in [0.3, 0.4) is 0 Å². The number of aromatic nitrogens is 1. The standard InChI is InChI=1S/C21H20ClFN2O2S/c1-13-9-15(22)11-18-20(13)24-21(28-18)25(12-17-3-2-8-27-17)19(26)10-14-4-6-16(23)7-5-14/h4-7,9,11,17H,2-3,8,10,12H2,1H3. The molecule has 0 saturated carbocycles. The fourth-order valence-electron chi connectivity index (χ4n) is 3.41. The van der Waals surface area contributed by atoms with Gasteiger partial charge in [0.1, 0.15) is 5.82 Å². The van der Waals surface area contributed by atoms with Gasteiger partial charge in [-0.05, 0) is 55.2 Å². The largest absolute Gasteiger partial charge is 0.376 e. The van der Waals surface area contributed by atoms with Gasteiger partial charge in [-0.25, -0.2) is 9.37 Å². The van der Waals surface area contributed by atoms with Gasteiger partial charge in [0.05, 0.1) is 29.3 Å². The molecule has 0 spiro atoms. The highest BCUT2D eigenvalue weighted by atomic mass is 35.5. The van der Waals surface area contributed by atoms with E-state index in [1.165, 1.54) is 23.5 Å². The maximum Gasteiger partial charge on any atom is 0.233 e. The van der Waals surface area contributed by atoms with Crippen molar-refractivity contribution in [2.24, 2.45) is 0 Å². The number of rotatable bonds is 5. The minimum Gasteiger partial charge on any atom is -0.376 e. The Hall–Kier alpha value is -2.02. The summed E-state index contributed by atoms with van der Waals surface area (Å²) in [5, 5.41) is 1.30. The van der Waals surface area contributed by atoms with Crippen LogP contribution in [-0.4, -0.2) is 30.1 Å². The Labute approximate surface area is 171 Å². The number of anilines is 1. The number of hydrogen-bond donors (Lipinski definition) is 0. The van der Waals surface area contributed by atoms with Crippen molar-refractivity contribution in [2.45, 2.75) is 32.3 Å². The summed E-state index contributed by atoms with van der Waals surface area (Å²) in [5.41, 5.74) is 2.61. The van der Waals surface area contributed by atoms with Crippen molar-refractivity contribution < 1.29 is 13.9 Å². The smallest absolute Gasteiger partial charge is 0.233 e.